The molecule has 0 radical (unpaired) electrons. The van der Waals surface area contributed by atoms with Crippen LogP contribution in [-0.2, 0) is 23.0 Å². The normalized spacial score (nSPS) is 11.9. The lowest BCUT2D eigenvalue weighted by Crippen LogP contribution is -2.26. The van der Waals surface area contributed by atoms with Crippen molar-refractivity contribution in [3.8, 4) is 0 Å². The van der Waals surface area contributed by atoms with Gasteiger partial charge in [-0.1, -0.05) is 6.92 Å². The Morgan fingerprint density at radius 3 is 2.87 bits per heavy atom. The lowest BCUT2D eigenvalue weighted by atomic mass is 10.4. The fourth-order valence-electron chi connectivity index (χ4n) is 1.00. The van der Waals surface area contributed by atoms with Crippen molar-refractivity contribution in [2.45, 2.75) is 19.9 Å². The van der Waals surface area contributed by atoms with Crippen molar-refractivity contribution < 1.29 is 12.8 Å². The largest absolute Gasteiger partial charge is 0.444 e. The first kappa shape index (κ1) is 12.2. The molecular formula is C8H15N3O3S. The standard InChI is InChI=1S/C8H15N3O3S/c1-2-7-5-11-8(14-7)6-10-3-4-15(9,12)13/h5,10H,2-4,6H2,1H3,(H2,9,12,13). The fraction of sp³-hybridized carbons (Fsp3) is 0.625. The van der Waals surface area contributed by atoms with E-state index in [0.717, 1.165) is 12.2 Å². The molecule has 0 aliphatic carbocycles. The minimum absolute atomic E-state index is 0.0889. The maximum absolute atomic E-state index is 10.6. The highest BCUT2D eigenvalue weighted by molar-refractivity contribution is 7.89. The number of aryl methyl sites for hydroxylation is 1. The van der Waals surface area contributed by atoms with Crippen LogP contribution >= 0.6 is 0 Å². The summed E-state index contributed by atoms with van der Waals surface area (Å²) in [7, 11) is -3.39. The minimum atomic E-state index is -3.39. The third kappa shape index (κ3) is 4.91. The Labute approximate surface area is 88.9 Å². The monoisotopic (exact) mass is 233 g/mol. The van der Waals surface area contributed by atoms with Crippen LogP contribution < -0.4 is 10.5 Å². The molecule has 0 saturated carbocycles. The zero-order valence-electron chi connectivity index (χ0n) is 8.56. The van der Waals surface area contributed by atoms with E-state index in [1.54, 1.807) is 6.20 Å². The molecule has 0 aromatic carbocycles. The van der Waals surface area contributed by atoms with Gasteiger partial charge in [0.1, 0.15) is 5.76 Å². The Morgan fingerprint density at radius 2 is 2.33 bits per heavy atom. The molecule has 1 rings (SSSR count). The van der Waals surface area contributed by atoms with Gasteiger partial charge in [0.2, 0.25) is 15.9 Å². The van der Waals surface area contributed by atoms with Gasteiger partial charge in [0, 0.05) is 13.0 Å². The average molecular weight is 233 g/mol. The SMILES string of the molecule is CCc1cnc(CNCCS(N)(=O)=O)o1. The summed E-state index contributed by atoms with van der Waals surface area (Å²) in [4.78, 5) is 4.01. The smallest absolute Gasteiger partial charge is 0.210 e. The highest BCUT2D eigenvalue weighted by Crippen LogP contribution is 2.03. The summed E-state index contributed by atoms with van der Waals surface area (Å²) in [6.07, 6.45) is 2.46. The first-order valence-electron chi connectivity index (χ1n) is 4.66. The number of nitrogens with zero attached hydrogens (tertiary/aromatic N) is 1. The molecule has 1 aromatic rings. The summed E-state index contributed by atoms with van der Waals surface area (Å²) in [6.45, 7) is 2.68. The van der Waals surface area contributed by atoms with Crippen molar-refractivity contribution in [2.75, 3.05) is 12.3 Å². The van der Waals surface area contributed by atoms with Crippen LogP contribution in [0.15, 0.2) is 10.6 Å². The maximum Gasteiger partial charge on any atom is 0.210 e. The number of hydrogen-bond acceptors (Lipinski definition) is 5. The van der Waals surface area contributed by atoms with E-state index in [9.17, 15) is 8.42 Å². The molecule has 15 heavy (non-hydrogen) atoms. The van der Waals surface area contributed by atoms with Crippen molar-refractivity contribution in [1.29, 1.82) is 0 Å². The van der Waals surface area contributed by atoms with Gasteiger partial charge < -0.3 is 9.73 Å². The van der Waals surface area contributed by atoms with Crippen molar-refractivity contribution in [3.05, 3.63) is 17.8 Å². The second kappa shape index (κ2) is 5.24. The number of rotatable bonds is 6. The van der Waals surface area contributed by atoms with Gasteiger partial charge in [-0.05, 0) is 0 Å². The highest BCUT2D eigenvalue weighted by atomic mass is 32.2. The molecule has 0 atom stereocenters. The molecule has 7 heteroatoms. The third-order valence-corrected chi connectivity index (χ3v) is 2.56. The first-order chi connectivity index (χ1) is 7.01. The number of aromatic nitrogens is 1. The van der Waals surface area contributed by atoms with Gasteiger partial charge >= 0.3 is 0 Å². The number of primary sulfonamides is 1. The van der Waals surface area contributed by atoms with Crippen LogP contribution in [0.2, 0.25) is 0 Å². The molecule has 0 fully saturated rings. The van der Waals surface area contributed by atoms with Crippen molar-refractivity contribution in [3.63, 3.8) is 0 Å². The summed E-state index contributed by atoms with van der Waals surface area (Å²) < 4.78 is 26.5. The molecular weight excluding hydrogens is 218 g/mol. The molecule has 0 aliphatic rings. The quantitative estimate of drug-likeness (QED) is 0.652. The summed E-state index contributed by atoms with van der Waals surface area (Å²) in [5.41, 5.74) is 0. The summed E-state index contributed by atoms with van der Waals surface area (Å²) in [5, 5.41) is 7.71. The Hall–Kier alpha value is -0.920. The van der Waals surface area contributed by atoms with E-state index in [4.69, 9.17) is 9.56 Å². The van der Waals surface area contributed by atoms with E-state index >= 15 is 0 Å². The average Bonchev–Trinajstić information content (AvgIpc) is 2.59. The number of nitrogens with two attached hydrogens (primary N) is 1. The Balaban J connectivity index is 2.26. The van der Waals surface area contributed by atoms with Gasteiger partial charge in [0.15, 0.2) is 0 Å². The minimum Gasteiger partial charge on any atom is -0.444 e. The van der Waals surface area contributed by atoms with Crippen LogP contribution in [0.3, 0.4) is 0 Å². The van der Waals surface area contributed by atoms with Crippen molar-refractivity contribution in [2.24, 2.45) is 5.14 Å². The number of hydrogen-bond donors (Lipinski definition) is 2. The van der Waals surface area contributed by atoms with Gasteiger partial charge in [-0.3, -0.25) is 0 Å². The van der Waals surface area contributed by atoms with Crippen LogP contribution in [0.5, 0.6) is 0 Å². The Morgan fingerprint density at radius 1 is 1.60 bits per heavy atom. The van der Waals surface area contributed by atoms with E-state index in [-0.39, 0.29) is 5.75 Å². The third-order valence-electron chi connectivity index (χ3n) is 1.79. The molecule has 0 spiro atoms. The number of oxazole rings is 1. The molecule has 1 aromatic heterocycles. The molecule has 3 N–H and O–H groups in total. The van der Waals surface area contributed by atoms with Gasteiger partial charge in [-0.2, -0.15) is 0 Å². The number of sulfonamides is 1. The van der Waals surface area contributed by atoms with Gasteiger partial charge in [0.05, 0.1) is 18.5 Å². The van der Waals surface area contributed by atoms with E-state index in [1.807, 2.05) is 6.92 Å². The van der Waals surface area contributed by atoms with Gasteiger partial charge in [-0.25, -0.2) is 18.5 Å². The lowest BCUT2D eigenvalue weighted by molar-refractivity contribution is 0.442. The van der Waals surface area contributed by atoms with Crippen molar-refractivity contribution in [1.82, 2.24) is 10.3 Å². The van der Waals surface area contributed by atoms with E-state index in [0.29, 0.717) is 19.0 Å². The molecule has 0 saturated heterocycles. The van der Waals surface area contributed by atoms with Gasteiger partial charge in [-0.15, -0.1) is 0 Å². The van der Waals surface area contributed by atoms with E-state index < -0.39 is 10.0 Å². The summed E-state index contributed by atoms with van der Waals surface area (Å²) >= 11 is 0. The predicted octanol–water partition coefficient (Wildman–Crippen LogP) is -0.385. The number of nitrogens with one attached hydrogen (secondary N) is 1. The van der Waals surface area contributed by atoms with E-state index in [2.05, 4.69) is 10.3 Å². The summed E-state index contributed by atoms with van der Waals surface area (Å²) in [6, 6.07) is 0. The second-order valence-electron chi connectivity index (χ2n) is 3.12. The second-order valence-corrected chi connectivity index (χ2v) is 4.85. The van der Waals surface area contributed by atoms with Crippen LogP contribution in [0, 0.1) is 0 Å². The lowest BCUT2D eigenvalue weighted by Gasteiger charge is -1.99. The van der Waals surface area contributed by atoms with Crippen LogP contribution in [-0.4, -0.2) is 25.7 Å². The molecule has 0 bridgehead atoms. The molecule has 1 heterocycles. The molecule has 0 amide bonds. The molecule has 86 valence electrons. The Kier molecular flexibility index (Phi) is 4.25. The highest BCUT2D eigenvalue weighted by Gasteiger charge is 2.04. The summed E-state index contributed by atoms with van der Waals surface area (Å²) in [5.74, 6) is 1.29. The zero-order chi connectivity index (χ0) is 11.3. The molecule has 6 nitrogen and oxygen atoms in total. The topological polar surface area (TPSA) is 98.2 Å². The predicted molar refractivity (Wildman–Crippen MR) is 55.6 cm³/mol. The Bertz CT molecular complexity index is 399. The van der Waals surface area contributed by atoms with E-state index in [1.165, 1.54) is 0 Å². The fourth-order valence-corrected chi connectivity index (χ4v) is 1.43. The maximum atomic E-state index is 10.6. The van der Waals surface area contributed by atoms with Crippen LogP contribution in [0.25, 0.3) is 0 Å². The van der Waals surface area contributed by atoms with Crippen LogP contribution in [0.4, 0.5) is 0 Å². The van der Waals surface area contributed by atoms with Gasteiger partial charge in [0.25, 0.3) is 0 Å². The zero-order valence-corrected chi connectivity index (χ0v) is 9.38. The molecule has 0 unspecified atom stereocenters. The van der Waals surface area contributed by atoms with Crippen LogP contribution in [0.1, 0.15) is 18.6 Å². The molecule has 0 aliphatic heterocycles. The van der Waals surface area contributed by atoms with Crippen molar-refractivity contribution >= 4 is 10.0 Å². The first-order valence-corrected chi connectivity index (χ1v) is 6.37.